The summed E-state index contributed by atoms with van der Waals surface area (Å²) in [6.45, 7) is 6.29. The molecule has 2 heterocycles. The second kappa shape index (κ2) is 8.31. The van der Waals surface area contributed by atoms with Gasteiger partial charge in [-0.05, 0) is 64.8 Å². The number of amides is 1. The van der Waals surface area contributed by atoms with Crippen LogP contribution in [0.5, 0.6) is 0 Å². The number of piperidine rings is 1. The highest BCUT2D eigenvalue weighted by Crippen LogP contribution is 2.36. The van der Waals surface area contributed by atoms with E-state index in [9.17, 15) is 4.79 Å². The van der Waals surface area contributed by atoms with Gasteiger partial charge >= 0.3 is 0 Å². The summed E-state index contributed by atoms with van der Waals surface area (Å²) in [5, 5.41) is 3.34. The molecule has 3 rings (SSSR count). The zero-order chi connectivity index (χ0) is 17.7. The van der Waals surface area contributed by atoms with Gasteiger partial charge < -0.3 is 5.32 Å². The van der Waals surface area contributed by atoms with E-state index in [0.717, 1.165) is 43.7 Å². The molecule has 0 bridgehead atoms. The van der Waals surface area contributed by atoms with Crippen molar-refractivity contribution in [1.82, 2.24) is 15.2 Å². The fourth-order valence-electron chi connectivity index (χ4n) is 4.58. The highest BCUT2D eigenvalue weighted by Gasteiger charge is 2.45. The van der Waals surface area contributed by atoms with Crippen molar-refractivity contribution in [2.75, 3.05) is 13.1 Å². The SMILES string of the molecule is Cc1cccc(C[C@@H](C)NC(=O)C2(N3CCCCC3)CCCCC2)n1. The topological polar surface area (TPSA) is 45.2 Å². The molecule has 1 aliphatic carbocycles. The van der Waals surface area contributed by atoms with Crippen LogP contribution in [0.4, 0.5) is 0 Å². The van der Waals surface area contributed by atoms with Crippen molar-refractivity contribution in [3.8, 4) is 0 Å². The summed E-state index contributed by atoms with van der Waals surface area (Å²) in [7, 11) is 0. The molecule has 1 saturated carbocycles. The maximum atomic E-state index is 13.3. The molecule has 4 nitrogen and oxygen atoms in total. The van der Waals surface area contributed by atoms with Crippen molar-refractivity contribution in [3.05, 3.63) is 29.6 Å². The summed E-state index contributed by atoms with van der Waals surface area (Å²) >= 11 is 0. The van der Waals surface area contributed by atoms with Crippen molar-refractivity contribution in [1.29, 1.82) is 0 Å². The normalized spacial score (nSPS) is 22.3. The summed E-state index contributed by atoms with van der Waals surface area (Å²) in [5.41, 5.74) is 1.84. The Hall–Kier alpha value is -1.42. The third kappa shape index (κ3) is 4.41. The van der Waals surface area contributed by atoms with E-state index >= 15 is 0 Å². The highest BCUT2D eigenvalue weighted by molar-refractivity contribution is 5.86. The fraction of sp³-hybridized carbons (Fsp3) is 0.714. The molecular weight excluding hydrogens is 310 g/mol. The summed E-state index contributed by atoms with van der Waals surface area (Å²) in [6, 6.07) is 6.23. The standard InChI is InChI=1S/C21H33N3O/c1-17-10-9-11-19(22-17)16-18(2)23-20(25)21(12-5-3-6-13-21)24-14-7-4-8-15-24/h9-11,18H,3-8,12-16H2,1-2H3,(H,23,25)/t18-/m1/s1. The van der Waals surface area contributed by atoms with Crippen molar-refractivity contribution < 1.29 is 4.79 Å². The molecule has 2 aliphatic rings. The summed E-state index contributed by atoms with van der Waals surface area (Å²) in [4.78, 5) is 20.4. The van der Waals surface area contributed by atoms with Crippen LogP contribution in [0, 0.1) is 6.92 Å². The molecule has 2 fully saturated rings. The number of pyridine rings is 1. The van der Waals surface area contributed by atoms with E-state index < -0.39 is 0 Å². The molecule has 1 N–H and O–H groups in total. The van der Waals surface area contributed by atoms with E-state index in [4.69, 9.17) is 0 Å². The predicted molar refractivity (Wildman–Crippen MR) is 102 cm³/mol. The van der Waals surface area contributed by atoms with Crippen LogP contribution in [-0.2, 0) is 11.2 Å². The highest BCUT2D eigenvalue weighted by atomic mass is 16.2. The minimum atomic E-state index is -0.257. The number of rotatable bonds is 5. The smallest absolute Gasteiger partial charge is 0.240 e. The second-order valence-electron chi connectivity index (χ2n) is 7.99. The Labute approximate surface area is 152 Å². The number of aromatic nitrogens is 1. The Kier molecular flexibility index (Phi) is 6.10. The first-order chi connectivity index (χ1) is 12.1. The van der Waals surface area contributed by atoms with Gasteiger partial charge in [-0.2, -0.15) is 0 Å². The Morgan fingerprint density at radius 1 is 1.16 bits per heavy atom. The quantitative estimate of drug-likeness (QED) is 0.888. The molecule has 1 aromatic heterocycles. The molecule has 0 aromatic carbocycles. The van der Waals surface area contributed by atoms with Crippen molar-refractivity contribution in [2.24, 2.45) is 0 Å². The Bertz CT molecular complexity index is 574. The van der Waals surface area contributed by atoms with Crippen LogP contribution in [0.1, 0.15) is 69.7 Å². The first kappa shape index (κ1) is 18.4. The van der Waals surface area contributed by atoms with Gasteiger partial charge in [0.05, 0.1) is 0 Å². The van der Waals surface area contributed by atoms with E-state index in [1.54, 1.807) is 0 Å². The van der Waals surface area contributed by atoms with Gasteiger partial charge in [0.25, 0.3) is 0 Å². The number of aryl methyl sites for hydroxylation is 1. The minimum absolute atomic E-state index is 0.116. The van der Waals surface area contributed by atoms with Crippen LogP contribution in [0.25, 0.3) is 0 Å². The molecule has 1 amide bonds. The minimum Gasteiger partial charge on any atom is -0.352 e. The molecule has 25 heavy (non-hydrogen) atoms. The van der Waals surface area contributed by atoms with Crippen LogP contribution in [0.2, 0.25) is 0 Å². The lowest BCUT2D eigenvalue weighted by Crippen LogP contribution is -2.62. The molecule has 1 atom stereocenters. The van der Waals surface area contributed by atoms with E-state index in [-0.39, 0.29) is 17.5 Å². The van der Waals surface area contributed by atoms with Crippen LogP contribution in [-0.4, -0.2) is 40.5 Å². The number of hydrogen-bond acceptors (Lipinski definition) is 3. The average Bonchev–Trinajstić information content (AvgIpc) is 2.63. The zero-order valence-electron chi connectivity index (χ0n) is 15.9. The molecular formula is C21H33N3O. The largest absolute Gasteiger partial charge is 0.352 e. The van der Waals surface area contributed by atoms with Gasteiger partial charge in [0.2, 0.25) is 5.91 Å². The van der Waals surface area contributed by atoms with E-state index in [1.807, 2.05) is 19.1 Å². The number of likely N-dealkylation sites (tertiary alicyclic amines) is 1. The maximum absolute atomic E-state index is 13.3. The second-order valence-corrected chi connectivity index (χ2v) is 7.99. The van der Waals surface area contributed by atoms with Crippen molar-refractivity contribution in [3.63, 3.8) is 0 Å². The number of nitrogens with one attached hydrogen (secondary N) is 1. The van der Waals surface area contributed by atoms with Crippen LogP contribution >= 0.6 is 0 Å². The fourth-order valence-corrected chi connectivity index (χ4v) is 4.58. The predicted octanol–water partition coefficient (Wildman–Crippen LogP) is 3.63. The van der Waals surface area contributed by atoms with Crippen molar-refractivity contribution >= 4 is 5.91 Å². The third-order valence-corrected chi connectivity index (χ3v) is 5.90. The monoisotopic (exact) mass is 343 g/mol. The molecule has 0 spiro atoms. The Balaban J connectivity index is 1.67. The van der Waals surface area contributed by atoms with Crippen molar-refractivity contribution in [2.45, 2.75) is 83.2 Å². The van der Waals surface area contributed by atoms with E-state index in [2.05, 4.69) is 28.2 Å². The molecule has 1 saturated heterocycles. The van der Waals surface area contributed by atoms with Gasteiger partial charge in [0, 0.05) is 23.9 Å². The van der Waals surface area contributed by atoms with E-state index in [0.29, 0.717) is 0 Å². The maximum Gasteiger partial charge on any atom is 0.240 e. The third-order valence-electron chi connectivity index (χ3n) is 5.90. The molecule has 0 radical (unpaired) electrons. The molecule has 1 aliphatic heterocycles. The summed E-state index contributed by atoms with van der Waals surface area (Å²) in [6.07, 6.45) is 10.2. The average molecular weight is 344 g/mol. The summed E-state index contributed by atoms with van der Waals surface area (Å²) in [5.74, 6) is 0.259. The molecule has 1 aromatic rings. The van der Waals surface area contributed by atoms with Gasteiger partial charge in [-0.3, -0.25) is 14.7 Å². The molecule has 138 valence electrons. The van der Waals surface area contributed by atoms with Crippen LogP contribution < -0.4 is 5.32 Å². The lowest BCUT2D eigenvalue weighted by atomic mass is 9.78. The van der Waals surface area contributed by atoms with Crippen LogP contribution in [0.3, 0.4) is 0 Å². The number of nitrogens with zero attached hydrogens (tertiary/aromatic N) is 2. The summed E-state index contributed by atoms with van der Waals surface area (Å²) < 4.78 is 0. The number of carbonyl (C=O) groups excluding carboxylic acids is 1. The number of hydrogen-bond donors (Lipinski definition) is 1. The lowest BCUT2D eigenvalue weighted by Gasteiger charge is -2.47. The zero-order valence-corrected chi connectivity index (χ0v) is 15.9. The van der Waals surface area contributed by atoms with Gasteiger partial charge in [-0.15, -0.1) is 0 Å². The Morgan fingerprint density at radius 2 is 1.84 bits per heavy atom. The van der Waals surface area contributed by atoms with Gasteiger partial charge in [0.15, 0.2) is 0 Å². The lowest BCUT2D eigenvalue weighted by molar-refractivity contribution is -0.137. The molecule has 4 heteroatoms. The Morgan fingerprint density at radius 3 is 2.52 bits per heavy atom. The van der Waals surface area contributed by atoms with E-state index in [1.165, 1.54) is 38.5 Å². The van der Waals surface area contributed by atoms with Gasteiger partial charge in [-0.25, -0.2) is 0 Å². The molecule has 0 unspecified atom stereocenters. The van der Waals surface area contributed by atoms with Crippen LogP contribution in [0.15, 0.2) is 18.2 Å². The van der Waals surface area contributed by atoms with Gasteiger partial charge in [0.1, 0.15) is 5.54 Å². The first-order valence-corrected chi connectivity index (χ1v) is 10.1. The van der Waals surface area contributed by atoms with Gasteiger partial charge in [-0.1, -0.05) is 31.7 Å². The number of carbonyl (C=O) groups is 1. The first-order valence-electron chi connectivity index (χ1n) is 10.1.